The zero-order valence-corrected chi connectivity index (χ0v) is 15.1. The number of aromatic nitrogens is 3. The molecule has 0 unspecified atom stereocenters. The molecule has 1 fully saturated rings. The van der Waals surface area contributed by atoms with Gasteiger partial charge in [0.25, 0.3) is 5.91 Å². The largest absolute Gasteiger partial charge is 0.398 e. The zero-order valence-electron chi connectivity index (χ0n) is 15.1. The van der Waals surface area contributed by atoms with Crippen molar-refractivity contribution in [2.75, 3.05) is 36.8 Å². The fraction of sp³-hybridized carbons (Fsp3) is 0.200. The van der Waals surface area contributed by atoms with E-state index in [1.165, 1.54) is 12.1 Å². The summed E-state index contributed by atoms with van der Waals surface area (Å²) in [5.41, 5.74) is 7.87. The predicted octanol–water partition coefficient (Wildman–Crippen LogP) is 2.22. The van der Waals surface area contributed by atoms with E-state index in [1.807, 2.05) is 4.90 Å². The van der Waals surface area contributed by atoms with Crippen LogP contribution in [0.2, 0.25) is 0 Å². The standard InChI is InChI=1S/C20H19FN6O/c21-16-11-14(17-13-23-5-2-18(17)22)10-15(12-16)19(28)26-6-8-27(9-7-26)20-24-3-1-4-25-20/h1-5,10-13H,6-9H2,(H2,22,23). The van der Waals surface area contributed by atoms with E-state index in [2.05, 4.69) is 15.0 Å². The summed E-state index contributed by atoms with van der Waals surface area (Å²) in [7, 11) is 0. The molecule has 142 valence electrons. The molecule has 28 heavy (non-hydrogen) atoms. The molecule has 0 atom stereocenters. The molecule has 1 amide bonds. The van der Waals surface area contributed by atoms with E-state index in [-0.39, 0.29) is 5.91 Å². The van der Waals surface area contributed by atoms with Gasteiger partial charge in [-0.3, -0.25) is 9.78 Å². The molecule has 0 radical (unpaired) electrons. The lowest BCUT2D eigenvalue weighted by atomic mass is 10.0. The van der Waals surface area contributed by atoms with E-state index < -0.39 is 5.82 Å². The minimum atomic E-state index is -0.486. The molecule has 0 saturated carbocycles. The Morgan fingerprint density at radius 1 is 1.04 bits per heavy atom. The molecule has 2 N–H and O–H groups in total. The second kappa shape index (κ2) is 7.59. The minimum absolute atomic E-state index is 0.211. The number of carbonyl (C=O) groups is 1. The second-order valence-electron chi connectivity index (χ2n) is 6.52. The SMILES string of the molecule is Nc1ccncc1-c1cc(F)cc(C(=O)N2CCN(c3ncccn3)CC2)c1. The van der Waals surface area contributed by atoms with Crippen molar-refractivity contribution in [3.8, 4) is 11.1 Å². The Bertz CT molecular complexity index is 989. The first-order valence-electron chi connectivity index (χ1n) is 8.93. The maximum Gasteiger partial charge on any atom is 0.254 e. The predicted molar refractivity (Wildman–Crippen MR) is 104 cm³/mol. The summed E-state index contributed by atoms with van der Waals surface area (Å²) in [6.45, 7) is 2.26. The Morgan fingerprint density at radius 3 is 2.50 bits per heavy atom. The van der Waals surface area contributed by atoms with E-state index in [4.69, 9.17) is 5.73 Å². The number of piperazine rings is 1. The Labute approximate surface area is 161 Å². The molecule has 3 aromatic rings. The Balaban J connectivity index is 1.52. The van der Waals surface area contributed by atoms with Gasteiger partial charge in [-0.15, -0.1) is 0 Å². The summed E-state index contributed by atoms with van der Waals surface area (Å²) >= 11 is 0. The van der Waals surface area contributed by atoms with Gasteiger partial charge >= 0.3 is 0 Å². The molecule has 7 nitrogen and oxygen atoms in total. The lowest BCUT2D eigenvalue weighted by molar-refractivity contribution is 0.0746. The lowest BCUT2D eigenvalue weighted by Crippen LogP contribution is -2.49. The first kappa shape index (κ1) is 17.8. The third kappa shape index (κ3) is 3.62. The van der Waals surface area contributed by atoms with Gasteiger partial charge < -0.3 is 15.5 Å². The van der Waals surface area contributed by atoms with E-state index >= 15 is 0 Å². The van der Waals surface area contributed by atoms with E-state index in [9.17, 15) is 9.18 Å². The highest BCUT2D eigenvalue weighted by atomic mass is 19.1. The highest BCUT2D eigenvalue weighted by Gasteiger charge is 2.24. The van der Waals surface area contributed by atoms with Gasteiger partial charge in [0.05, 0.1) is 0 Å². The monoisotopic (exact) mass is 378 g/mol. The summed E-state index contributed by atoms with van der Waals surface area (Å²) in [5, 5.41) is 0. The number of nitrogens with two attached hydrogens (primary N) is 1. The molecule has 0 spiro atoms. The average Bonchev–Trinajstić information content (AvgIpc) is 2.74. The maximum atomic E-state index is 14.2. The van der Waals surface area contributed by atoms with E-state index in [0.717, 1.165) is 0 Å². The molecule has 1 saturated heterocycles. The molecular formula is C20H19FN6O. The summed E-state index contributed by atoms with van der Waals surface area (Å²) in [6, 6.07) is 7.68. The van der Waals surface area contributed by atoms with Gasteiger partial charge in [0, 0.05) is 67.8 Å². The number of anilines is 2. The Morgan fingerprint density at radius 2 is 1.79 bits per heavy atom. The zero-order chi connectivity index (χ0) is 19.5. The number of benzene rings is 1. The molecule has 0 aliphatic carbocycles. The molecule has 4 rings (SSSR count). The van der Waals surface area contributed by atoms with Crippen molar-refractivity contribution in [1.29, 1.82) is 0 Å². The van der Waals surface area contributed by atoms with Crippen LogP contribution in [-0.2, 0) is 0 Å². The Hall–Kier alpha value is -3.55. The number of amides is 1. The van der Waals surface area contributed by atoms with Crippen LogP contribution in [0.4, 0.5) is 16.0 Å². The third-order valence-electron chi connectivity index (χ3n) is 4.71. The van der Waals surface area contributed by atoms with Crippen LogP contribution >= 0.6 is 0 Å². The highest BCUT2D eigenvalue weighted by molar-refractivity contribution is 5.96. The van der Waals surface area contributed by atoms with Gasteiger partial charge in [0.15, 0.2) is 0 Å². The minimum Gasteiger partial charge on any atom is -0.398 e. The molecule has 8 heteroatoms. The normalized spacial score (nSPS) is 14.2. The second-order valence-corrected chi connectivity index (χ2v) is 6.52. The van der Waals surface area contributed by atoms with Crippen molar-refractivity contribution in [2.45, 2.75) is 0 Å². The molecular weight excluding hydrogens is 359 g/mol. The number of halogens is 1. The smallest absolute Gasteiger partial charge is 0.254 e. The van der Waals surface area contributed by atoms with Crippen LogP contribution < -0.4 is 10.6 Å². The third-order valence-corrected chi connectivity index (χ3v) is 4.71. The van der Waals surface area contributed by atoms with Crippen LogP contribution in [0.5, 0.6) is 0 Å². The summed E-state index contributed by atoms with van der Waals surface area (Å²) in [5.74, 6) is -0.0491. The van der Waals surface area contributed by atoms with Gasteiger partial charge in [-0.05, 0) is 35.9 Å². The molecule has 1 aliphatic rings. The first-order valence-corrected chi connectivity index (χ1v) is 8.93. The number of rotatable bonds is 3. The topological polar surface area (TPSA) is 88.2 Å². The fourth-order valence-corrected chi connectivity index (χ4v) is 3.26. The average molecular weight is 378 g/mol. The van der Waals surface area contributed by atoms with Crippen molar-refractivity contribution in [1.82, 2.24) is 19.9 Å². The van der Waals surface area contributed by atoms with Crippen LogP contribution in [0.1, 0.15) is 10.4 Å². The molecule has 3 heterocycles. The highest BCUT2D eigenvalue weighted by Crippen LogP contribution is 2.27. The summed E-state index contributed by atoms with van der Waals surface area (Å²) in [4.78, 5) is 29.2. The van der Waals surface area contributed by atoms with Crippen molar-refractivity contribution >= 4 is 17.5 Å². The number of carbonyl (C=O) groups excluding carboxylic acids is 1. The fourth-order valence-electron chi connectivity index (χ4n) is 3.26. The Kier molecular flexibility index (Phi) is 4.84. The number of pyridine rings is 1. The van der Waals surface area contributed by atoms with Crippen LogP contribution in [0, 0.1) is 5.82 Å². The molecule has 1 aromatic carbocycles. The van der Waals surface area contributed by atoms with Crippen molar-refractivity contribution in [2.24, 2.45) is 0 Å². The number of hydrogen-bond acceptors (Lipinski definition) is 6. The quantitative estimate of drug-likeness (QED) is 0.752. The van der Waals surface area contributed by atoms with Crippen molar-refractivity contribution < 1.29 is 9.18 Å². The number of nitrogen functional groups attached to an aromatic ring is 1. The van der Waals surface area contributed by atoms with Crippen LogP contribution in [-0.4, -0.2) is 51.9 Å². The van der Waals surface area contributed by atoms with Gasteiger partial charge in [-0.25, -0.2) is 14.4 Å². The molecule has 2 aromatic heterocycles. The number of nitrogens with zero attached hydrogens (tertiary/aromatic N) is 5. The van der Waals surface area contributed by atoms with Crippen molar-refractivity contribution in [3.05, 3.63) is 66.5 Å². The molecule has 0 bridgehead atoms. The summed E-state index contributed by atoms with van der Waals surface area (Å²) < 4.78 is 14.2. The molecule has 1 aliphatic heterocycles. The summed E-state index contributed by atoms with van der Waals surface area (Å²) in [6.07, 6.45) is 6.52. The van der Waals surface area contributed by atoms with Gasteiger partial charge in [-0.1, -0.05) is 0 Å². The lowest BCUT2D eigenvalue weighted by Gasteiger charge is -2.34. The van der Waals surface area contributed by atoms with Crippen molar-refractivity contribution in [3.63, 3.8) is 0 Å². The van der Waals surface area contributed by atoms with E-state index in [0.29, 0.717) is 54.5 Å². The van der Waals surface area contributed by atoms with Crippen LogP contribution in [0.25, 0.3) is 11.1 Å². The van der Waals surface area contributed by atoms with Gasteiger partial charge in [-0.2, -0.15) is 0 Å². The van der Waals surface area contributed by atoms with Gasteiger partial charge in [0.2, 0.25) is 5.95 Å². The van der Waals surface area contributed by atoms with Gasteiger partial charge in [0.1, 0.15) is 5.82 Å². The van der Waals surface area contributed by atoms with E-state index in [1.54, 1.807) is 47.9 Å². The number of hydrogen-bond donors (Lipinski definition) is 1. The maximum absolute atomic E-state index is 14.2. The first-order chi connectivity index (χ1) is 13.6. The van der Waals surface area contributed by atoms with Crippen LogP contribution in [0.15, 0.2) is 55.1 Å². The van der Waals surface area contributed by atoms with Crippen LogP contribution in [0.3, 0.4) is 0 Å².